The van der Waals surface area contributed by atoms with Crippen LogP contribution in [-0.2, 0) is 0 Å². The van der Waals surface area contributed by atoms with Gasteiger partial charge in [-0.1, -0.05) is 0 Å². The summed E-state index contributed by atoms with van der Waals surface area (Å²) in [5.74, 6) is 1.73. The summed E-state index contributed by atoms with van der Waals surface area (Å²) in [6.45, 7) is 6.26. The van der Waals surface area contributed by atoms with Crippen molar-refractivity contribution in [1.29, 1.82) is 0 Å². The van der Waals surface area contributed by atoms with Crippen LogP contribution in [0.1, 0.15) is 18.5 Å². The summed E-state index contributed by atoms with van der Waals surface area (Å²) in [6.07, 6.45) is 2.01. The first kappa shape index (κ1) is 20.0. The monoisotopic (exact) mass is 455 g/mol. The van der Waals surface area contributed by atoms with Crippen molar-refractivity contribution in [2.75, 3.05) is 45.3 Å². The highest BCUT2D eigenvalue weighted by atomic mass is 79.9. The van der Waals surface area contributed by atoms with E-state index in [-0.39, 0.29) is 0 Å². The van der Waals surface area contributed by atoms with Crippen molar-refractivity contribution in [3.8, 4) is 11.5 Å². The summed E-state index contributed by atoms with van der Waals surface area (Å²) in [5, 5.41) is 1.12. The number of hydrogen-bond donors (Lipinski definition) is 0. The normalized spacial score (nSPS) is 16.1. The molecule has 0 radical (unpaired) electrons. The van der Waals surface area contributed by atoms with Crippen LogP contribution in [0, 0.1) is 0 Å². The van der Waals surface area contributed by atoms with E-state index in [9.17, 15) is 0 Å². The fourth-order valence-corrected chi connectivity index (χ4v) is 4.31. The van der Waals surface area contributed by atoms with Gasteiger partial charge in [0, 0.05) is 55.6 Å². The Labute approximate surface area is 180 Å². The van der Waals surface area contributed by atoms with Gasteiger partial charge in [-0.15, -0.1) is 0 Å². The molecule has 5 nitrogen and oxygen atoms in total. The molecule has 1 saturated heterocycles. The smallest absolute Gasteiger partial charge is 0.135 e. The van der Waals surface area contributed by atoms with E-state index in [0.717, 1.165) is 53.1 Å². The number of anilines is 1. The van der Waals surface area contributed by atoms with Gasteiger partial charge in [0.25, 0.3) is 0 Å². The minimum atomic E-state index is 0.319. The number of rotatable bonds is 5. The predicted molar refractivity (Wildman–Crippen MR) is 121 cm³/mol. The van der Waals surface area contributed by atoms with E-state index in [4.69, 9.17) is 9.47 Å². The number of methoxy groups -OCH3 is 2. The van der Waals surface area contributed by atoms with Gasteiger partial charge in [0.15, 0.2) is 0 Å². The highest BCUT2D eigenvalue weighted by Gasteiger charge is 2.23. The maximum atomic E-state index is 5.45. The number of piperazine rings is 1. The topological polar surface area (TPSA) is 37.8 Å². The number of ether oxygens (including phenoxy) is 2. The molecule has 1 atom stereocenters. The first-order valence-corrected chi connectivity index (χ1v) is 10.6. The quantitative estimate of drug-likeness (QED) is 0.546. The molecule has 0 N–H and O–H groups in total. The molecule has 0 spiro atoms. The zero-order valence-corrected chi connectivity index (χ0v) is 18.6. The Hall–Kier alpha value is -2.31. The second kappa shape index (κ2) is 8.59. The average Bonchev–Trinajstić information content (AvgIpc) is 2.78. The highest BCUT2D eigenvalue weighted by molar-refractivity contribution is 9.10. The third-order valence-corrected chi connectivity index (χ3v) is 6.41. The van der Waals surface area contributed by atoms with Crippen LogP contribution in [0.4, 0.5) is 5.69 Å². The van der Waals surface area contributed by atoms with E-state index in [2.05, 4.69) is 68.0 Å². The molecule has 3 aromatic rings. The Morgan fingerprint density at radius 3 is 2.48 bits per heavy atom. The van der Waals surface area contributed by atoms with Crippen LogP contribution in [0.25, 0.3) is 10.9 Å². The number of aromatic nitrogens is 1. The number of benzene rings is 2. The molecule has 1 unspecified atom stereocenters. The summed E-state index contributed by atoms with van der Waals surface area (Å²) < 4.78 is 11.8. The van der Waals surface area contributed by atoms with Crippen molar-refractivity contribution in [2.45, 2.75) is 13.0 Å². The van der Waals surface area contributed by atoms with Crippen LogP contribution in [0.2, 0.25) is 0 Å². The number of nitrogens with zero attached hydrogens (tertiary/aromatic N) is 3. The number of fused-ring (bicyclic) bond motifs is 1. The number of hydrogen-bond acceptors (Lipinski definition) is 5. The largest absolute Gasteiger partial charge is 0.497 e. The lowest BCUT2D eigenvalue weighted by Crippen LogP contribution is -2.47. The Bertz CT molecular complexity index is 1000. The van der Waals surface area contributed by atoms with Crippen molar-refractivity contribution >= 4 is 32.5 Å². The van der Waals surface area contributed by atoms with E-state index in [1.165, 1.54) is 11.3 Å². The molecular weight excluding hydrogens is 430 g/mol. The predicted octanol–water partition coefficient (Wildman–Crippen LogP) is 4.90. The first-order chi connectivity index (χ1) is 14.1. The summed E-state index contributed by atoms with van der Waals surface area (Å²) in [6, 6.07) is 14.9. The van der Waals surface area contributed by atoms with Crippen LogP contribution < -0.4 is 14.4 Å². The Kier molecular flexibility index (Phi) is 5.92. The van der Waals surface area contributed by atoms with Crippen LogP contribution >= 0.6 is 15.9 Å². The lowest BCUT2D eigenvalue weighted by atomic mass is 10.1. The molecule has 29 heavy (non-hydrogen) atoms. The molecule has 0 aliphatic carbocycles. The lowest BCUT2D eigenvalue weighted by molar-refractivity contribution is 0.198. The minimum absolute atomic E-state index is 0.319. The fraction of sp³-hybridized carbons (Fsp3) is 0.348. The molecule has 1 aliphatic heterocycles. The molecule has 1 aliphatic rings. The van der Waals surface area contributed by atoms with Crippen molar-refractivity contribution in [1.82, 2.24) is 9.88 Å². The van der Waals surface area contributed by atoms with Gasteiger partial charge in [-0.3, -0.25) is 9.88 Å². The standard InChI is InChI=1S/C23H26BrN3O2/c1-16(18-12-17-13-20(28-2)5-7-22(17)25-15-18)26-8-10-27(11-9-26)19-4-6-21(24)23(14-19)29-3/h4-7,12-16H,8-11H2,1-3H3. The Morgan fingerprint density at radius 2 is 1.76 bits per heavy atom. The molecule has 4 rings (SSSR count). The van der Waals surface area contributed by atoms with Gasteiger partial charge in [-0.25, -0.2) is 0 Å². The van der Waals surface area contributed by atoms with Crippen molar-refractivity contribution in [2.24, 2.45) is 0 Å². The molecule has 152 valence electrons. The van der Waals surface area contributed by atoms with E-state index in [1.807, 2.05) is 18.3 Å². The molecular formula is C23H26BrN3O2. The van der Waals surface area contributed by atoms with Gasteiger partial charge in [-0.05, 0) is 64.8 Å². The molecule has 2 heterocycles. The third kappa shape index (κ3) is 4.19. The molecule has 0 amide bonds. The SMILES string of the molecule is COc1ccc2ncc(C(C)N3CCN(c4ccc(Br)c(OC)c4)CC3)cc2c1. The first-order valence-electron chi connectivity index (χ1n) is 9.85. The fourth-order valence-electron chi connectivity index (χ4n) is 3.91. The molecule has 2 aromatic carbocycles. The van der Waals surface area contributed by atoms with Gasteiger partial charge >= 0.3 is 0 Å². The van der Waals surface area contributed by atoms with Crippen molar-refractivity contribution in [3.63, 3.8) is 0 Å². The molecule has 1 aromatic heterocycles. The van der Waals surface area contributed by atoms with Crippen LogP contribution in [0.15, 0.2) is 53.1 Å². The van der Waals surface area contributed by atoms with E-state index in [0.29, 0.717) is 6.04 Å². The Morgan fingerprint density at radius 1 is 0.966 bits per heavy atom. The maximum absolute atomic E-state index is 5.45. The molecule has 1 fully saturated rings. The van der Waals surface area contributed by atoms with Crippen LogP contribution in [0.5, 0.6) is 11.5 Å². The van der Waals surface area contributed by atoms with Crippen molar-refractivity contribution in [3.05, 3.63) is 58.7 Å². The third-order valence-electron chi connectivity index (χ3n) is 5.75. The van der Waals surface area contributed by atoms with E-state index in [1.54, 1.807) is 14.2 Å². The lowest BCUT2D eigenvalue weighted by Gasteiger charge is -2.39. The van der Waals surface area contributed by atoms with Crippen LogP contribution in [0.3, 0.4) is 0 Å². The number of pyridine rings is 1. The second-order valence-electron chi connectivity index (χ2n) is 7.35. The summed E-state index contributed by atoms with van der Waals surface area (Å²) in [5.41, 5.74) is 3.44. The van der Waals surface area contributed by atoms with Gasteiger partial charge in [0.05, 0.1) is 24.2 Å². The zero-order chi connectivity index (χ0) is 20.4. The summed E-state index contributed by atoms with van der Waals surface area (Å²) in [4.78, 5) is 9.59. The van der Waals surface area contributed by atoms with Gasteiger partial charge in [0.1, 0.15) is 11.5 Å². The maximum Gasteiger partial charge on any atom is 0.135 e. The van der Waals surface area contributed by atoms with E-state index < -0.39 is 0 Å². The highest BCUT2D eigenvalue weighted by Crippen LogP contribution is 2.31. The van der Waals surface area contributed by atoms with Crippen molar-refractivity contribution < 1.29 is 9.47 Å². The molecule has 6 heteroatoms. The van der Waals surface area contributed by atoms with Gasteiger partial charge < -0.3 is 14.4 Å². The van der Waals surface area contributed by atoms with Crippen LogP contribution in [-0.4, -0.2) is 50.3 Å². The molecule has 0 saturated carbocycles. The zero-order valence-electron chi connectivity index (χ0n) is 17.1. The summed E-state index contributed by atoms with van der Waals surface area (Å²) in [7, 11) is 3.40. The van der Waals surface area contributed by atoms with E-state index >= 15 is 0 Å². The number of halogens is 1. The minimum Gasteiger partial charge on any atom is -0.497 e. The van der Waals surface area contributed by atoms with Gasteiger partial charge in [-0.2, -0.15) is 0 Å². The second-order valence-corrected chi connectivity index (χ2v) is 8.20. The molecule has 0 bridgehead atoms. The van der Waals surface area contributed by atoms with Gasteiger partial charge in [0.2, 0.25) is 0 Å². The Balaban J connectivity index is 1.46. The summed E-state index contributed by atoms with van der Waals surface area (Å²) >= 11 is 3.53. The average molecular weight is 456 g/mol.